The van der Waals surface area contributed by atoms with Crippen LogP contribution in [0.1, 0.15) is 10.4 Å². The molecule has 0 saturated carbocycles. The van der Waals surface area contributed by atoms with Crippen LogP contribution in [0.25, 0.3) is 22.2 Å². The van der Waals surface area contributed by atoms with Gasteiger partial charge in [0, 0.05) is 29.0 Å². The molecule has 0 spiro atoms. The Balaban J connectivity index is 1.42. The number of nitrogens with zero attached hydrogens (tertiary/aromatic N) is 3. The third-order valence-corrected chi connectivity index (χ3v) is 6.95. The zero-order valence-electron chi connectivity index (χ0n) is 17.7. The molecule has 172 valence electrons. The molecule has 2 aromatic heterocycles. The van der Waals surface area contributed by atoms with Gasteiger partial charge in [-0.25, -0.2) is 8.60 Å². The van der Waals surface area contributed by atoms with Crippen LogP contribution < -0.4 is 9.62 Å². The minimum atomic E-state index is -1.40. The molecule has 0 bridgehead atoms. The minimum Gasteiger partial charge on any atom is -0.364 e. The van der Waals surface area contributed by atoms with Crippen molar-refractivity contribution in [1.29, 1.82) is 0 Å². The first kappa shape index (κ1) is 22.4. The van der Waals surface area contributed by atoms with Gasteiger partial charge in [-0.1, -0.05) is 11.6 Å². The van der Waals surface area contributed by atoms with Crippen LogP contribution in [0.4, 0.5) is 15.8 Å². The van der Waals surface area contributed by atoms with Gasteiger partial charge < -0.3 is 10.1 Å². The first-order valence-electron chi connectivity index (χ1n) is 10.4. The highest BCUT2D eigenvalue weighted by Gasteiger charge is 2.21. The van der Waals surface area contributed by atoms with Crippen LogP contribution in [0.2, 0.25) is 5.02 Å². The van der Waals surface area contributed by atoms with Crippen LogP contribution in [0.3, 0.4) is 0 Å². The second kappa shape index (κ2) is 9.46. The highest BCUT2D eigenvalue weighted by molar-refractivity contribution is 7.86. The molecule has 0 radical (unpaired) electrons. The number of pyridine rings is 2. The van der Waals surface area contributed by atoms with Crippen molar-refractivity contribution in [2.45, 2.75) is 0 Å². The van der Waals surface area contributed by atoms with E-state index >= 15 is 0 Å². The molecule has 1 aliphatic heterocycles. The lowest BCUT2D eigenvalue weighted by Gasteiger charge is -2.27. The Kier molecular flexibility index (Phi) is 6.23. The van der Waals surface area contributed by atoms with Crippen LogP contribution in [0.15, 0.2) is 67.0 Å². The Bertz CT molecular complexity index is 1430. The minimum absolute atomic E-state index is 0.0599. The molecule has 1 saturated heterocycles. The summed E-state index contributed by atoms with van der Waals surface area (Å²) in [5.74, 6) is -1.27. The van der Waals surface area contributed by atoms with E-state index in [1.807, 2.05) is 12.1 Å². The number of anilines is 2. The van der Waals surface area contributed by atoms with Gasteiger partial charge >= 0.3 is 0 Å². The Hall–Kier alpha value is -3.40. The molecule has 2 aromatic carbocycles. The number of hydrogen-bond acceptors (Lipinski definition) is 5. The van der Waals surface area contributed by atoms with E-state index in [2.05, 4.69) is 15.3 Å². The van der Waals surface area contributed by atoms with Gasteiger partial charge in [0.1, 0.15) is 22.7 Å². The van der Waals surface area contributed by atoms with Crippen molar-refractivity contribution in [2.75, 3.05) is 28.7 Å². The predicted octanol–water partition coefficient (Wildman–Crippen LogP) is 4.80. The number of aromatic nitrogens is 2. The Labute approximate surface area is 202 Å². The Morgan fingerprint density at radius 3 is 2.82 bits per heavy atom. The van der Waals surface area contributed by atoms with Crippen molar-refractivity contribution in [1.82, 2.24) is 9.97 Å². The Morgan fingerprint density at radius 1 is 1.12 bits per heavy atom. The molecule has 34 heavy (non-hydrogen) atoms. The summed E-state index contributed by atoms with van der Waals surface area (Å²) in [6, 6.07) is 14.6. The van der Waals surface area contributed by atoms with Gasteiger partial charge in [0.2, 0.25) is 0 Å². The van der Waals surface area contributed by atoms with Crippen LogP contribution in [0.5, 0.6) is 0 Å². The van der Waals surface area contributed by atoms with E-state index in [1.54, 1.807) is 47.0 Å². The first-order chi connectivity index (χ1) is 16.5. The number of benzene rings is 2. The molecule has 1 amide bonds. The maximum atomic E-state index is 14.8. The molecule has 0 aliphatic carbocycles. The van der Waals surface area contributed by atoms with Gasteiger partial charge in [0.25, 0.3) is 5.91 Å². The molecule has 4 aromatic rings. The summed E-state index contributed by atoms with van der Waals surface area (Å²) in [7, 11) is -1.40. The number of carbonyl (C=O) groups is 1. The third kappa shape index (κ3) is 4.37. The van der Waals surface area contributed by atoms with E-state index in [4.69, 9.17) is 16.3 Å². The van der Waals surface area contributed by atoms with Crippen molar-refractivity contribution in [3.8, 4) is 11.3 Å². The van der Waals surface area contributed by atoms with E-state index < -0.39 is 22.7 Å². The van der Waals surface area contributed by atoms with E-state index in [0.717, 1.165) is 10.9 Å². The number of fused-ring (bicyclic) bond motifs is 1. The second-order valence-electron chi connectivity index (χ2n) is 7.49. The number of carbonyl (C=O) groups excluding carboxylic acids is 1. The number of halogens is 2. The smallest absolute Gasteiger partial charge is 0.258 e. The Morgan fingerprint density at radius 2 is 2.00 bits per heavy atom. The largest absolute Gasteiger partial charge is 0.364 e. The summed E-state index contributed by atoms with van der Waals surface area (Å²) in [5.41, 5.74) is 2.74. The van der Waals surface area contributed by atoms with Crippen molar-refractivity contribution in [3.05, 3.63) is 83.4 Å². The molecule has 1 atom stereocenters. The monoisotopic (exact) mass is 496 g/mol. The van der Waals surface area contributed by atoms with Gasteiger partial charge in [-0.05, 0) is 54.6 Å². The van der Waals surface area contributed by atoms with Crippen LogP contribution in [-0.2, 0) is 15.7 Å². The van der Waals surface area contributed by atoms with Crippen molar-refractivity contribution >= 4 is 50.8 Å². The summed E-state index contributed by atoms with van der Waals surface area (Å²) >= 11 is 6.44. The number of amides is 1. The fourth-order valence-corrected chi connectivity index (χ4v) is 4.95. The summed E-state index contributed by atoms with van der Waals surface area (Å²) in [4.78, 5) is 21.6. The van der Waals surface area contributed by atoms with Gasteiger partial charge in [-0.2, -0.15) is 0 Å². The topological polar surface area (TPSA) is 84.4 Å². The lowest BCUT2D eigenvalue weighted by atomic mass is 10.1. The fourth-order valence-electron chi connectivity index (χ4n) is 3.73. The number of rotatable bonds is 4. The maximum Gasteiger partial charge on any atom is 0.258 e. The first-order valence-corrected chi connectivity index (χ1v) is 12.0. The summed E-state index contributed by atoms with van der Waals surface area (Å²) in [5, 5.41) is 3.99. The second-order valence-corrected chi connectivity index (χ2v) is 9.22. The zero-order valence-corrected chi connectivity index (χ0v) is 19.3. The summed E-state index contributed by atoms with van der Waals surface area (Å²) in [6.45, 7) is 0.777. The molecular weight excluding hydrogens is 479 g/mol. The molecule has 1 fully saturated rings. The zero-order chi connectivity index (χ0) is 23.7. The van der Waals surface area contributed by atoms with E-state index in [1.165, 1.54) is 12.1 Å². The molecule has 10 heteroatoms. The van der Waals surface area contributed by atoms with E-state index in [9.17, 15) is 13.4 Å². The van der Waals surface area contributed by atoms with Gasteiger partial charge in [0.05, 0.1) is 40.6 Å². The number of ether oxygens (including phenoxy) is 1. The molecule has 7 nitrogen and oxygen atoms in total. The standard InChI is InChI=1S/C24H18ClFN4O3S/c25-20-6-3-15(12-19(20)23-18-2-1-8-27-22(18)7-9-28-23)29-24(31)17-5-4-16(13-21(17)26)30-10-11-33-14-34(30)32/h1-9,12-13H,10-11,14H2,(H,29,31). The summed E-state index contributed by atoms with van der Waals surface area (Å²) < 4.78 is 33.6. The highest BCUT2D eigenvalue weighted by atomic mass is 35.5. The fraction of sp³-hybridized carbons (Fsp3) is 0.125. The quantitative estimate of drug-likeness (QED) is 0.439. The molecule has 1 N–H and O–H groups in total. The molecule has 5 rings (SSSR count). The van der Waals surface area contributed by atoms with Gasteiger partial charge in [-0.15, -0.1) is 0 Å². The van der Waals surface area contributed by atoms with E-state index in [0.29, 0.717) is 40.8 Å². The van der Waals surface area contributed by atoms with E-state index in [-0.39, 0.29) is 11.5 Å². The van der Waals surface area contributed by atoms with Crippen molar-refractivity contribution < 1.29 is 18.1 Å². The molecular formula is C24H18ClFN4O3S. The molecule has 3 heterocycles. The van der Waals surface area contributed by atoms with Crippen molar-refractivity contribution in [3.63, 3.8) is 0 Å². The average Bonchev–Trinajstić information content (AvgIpc) is 2.85. The lowest BCUT2D eigenvalue weighted by Crippen LogP contribution is -2.37. The predicted molar refractivity (Wildman–Crippen MR) is 131 cm³/mol. The van der Waals surface area contributed by atoms with Crippen LogP contribution >= 0.6 is 11.6 Å². The molecule has 1 unspecified atom stereocenters. The normalized spacial score (nSPS) is 15.9. The average molecular weight is 497 g/mol. The van der Waals surface area contributed by atoms with Gasteiger partial charge in [0.15, 0.2) is 0 Å². The van der Waals surface area contributed by atoms with Gasteiger partial charge in [-0.3, -0.25) is 19.1 Å². The highest BCUT2D eigenvalue weighted by Crippen LogP contribution is 2.33. The SMILES string of the molecule is O=C(Nc1ccc(Cl)c(-c2nccc3ncccc23)c1)c1ccc(N2CCOCS2=O)cc1F. The van der Waals surface area contributed by atoms with Crippen molar-refractivity contribution in [2.24, 2.45) is 0 Å². The maximum absolute atomic E-state index is 14.8. The number of hydrogen-bond donors (Lipinski definition) is 1. The number of nitrogens with one attached hydrogen (secondary N) is 1. The van der Waals surface area contributed by atoms with Crippen LogP contribution in [0, 0.1) is 5.82 Å². The van der Waals surface area contributed by atoms with Crippen LogP contribution in [-0.4, -0.2) is 39.2 Å². The molecule has 1 aliphatic rings. The summed E-state index contributed by atoms with van der Waals surface area (Å²) in [6.07, 6.45) is 3.34. The third-order valence-electron chi connectivity index (χ3n) is 5.36. The lowest BCUT2D eigenvalue weighted by molar-refractivity contribution is 0.102.